The fraction of sp³-hybridized carbons (Fsp3) is 0.778. The first-order chi connectivity index (χ1) is 5.43. The normalized spacial score (nSPS) is 22.8. The number of ether oxygens (including phenoxy) is 2. The predicted octanol–water partition coefficient (Wildman–Crippen LogP) is 1.76. The number of unbranched alkanes of at least 4 members (excludes halogenated alkanes) is 1. The summed E-state index contributed by atoms with van der Waals surface area (Å²) in [6, 6.07) is 0. The van der Waals surface area contributed by atoms with E-state index in [2.05, 4.69) is 13.0 Å². The van der Waals surface area contributed by atoms with Gasteiger partial charge in [-0.3, -0.25) is 0 Å². The van der Waals surface area contributed by atoms with Crippen LogP contribution in [-0.2, 0) is 9.47 Å². The Labute approximate surface area is 68.2 Å². The van der Waals surface area contributed by atoms with Crippen molar-refractivity contribution in [3.05, 3.63) is 12.2 Å². The lowest BCUT2D eigenvalue weighted by molar-refractivity contribution is 0.0287. The topological polar surface area (TPSA) is 18.5 Å². The third-order valence-electron chi connectivity index (χ3n) is 1.68. The second kappa shape index (κ2) is 5.33. The van der Waals surface area contributed by atoms with Gasteiger partial charge in [0.15, 0.2) is 0 Å². The van der Waals surface area contributed by atoms with Gasteiger partial charge in [0.1, 0.15) is 0 Å². The van der Waals surface area contributed by atoms with E-state index in [-0.39, 0.29) is 6.10 Å². The SMILES string of the molecule is CCCCOC[C@@H]1C=CCO1. The summed E-state index contributed by atoms with van der Waals surface area (Å²) in [7, 11) is 0. The van der Waals surface area contributed by atoms with Crippen molar-refractivity contribution in [3.63, 3.8) is 0 Å². The highest BCUT2D eigenvalue weighted by Crippen LogP contribution is 2.03. The molecule has 0 aromatic rings. The van der Waals surface area contributed by atoms with Gasteiger partial charge in [-0.25, -0.2) is 0 Å². The molecule has 2 nitrogen and oxygen atoms in total. The molecule has 1 aliphatic rings. The van der Waals surface area contributed by atoms with Crippen molar-refractivity contribution >= 4 is 0 Å². The maximum Gasteiger partial charge on any atom is 0.0994 e. The molecule has 0 aliphatic carbocycles. The molecule has 0 aromatic heterocycles. The van der Waals surface area contributed by atoms with Crippen molar-refractivity contribution in [1.82, 2.24) is 0 Å². The van der Waals surface area contributed by atoms with Crippen LogP contribution in [0, 0.1) is 0 Å². The number of rotatable bonds is 5. The molecular weight excluding hydrogens is 140 g/mol. The average Bonchev–Trinajstić information content (AvgIpc) is 2.50. The molecule has 1 atom stereocenters. The van der Waals surface area contributed by atoms with E-state index in [1.165, 1.54) is 6.42 Å². The van der Waals surface area contributed by atoms with Crippen molar-refractivity contribution in [1.29, 1.82) is 0 Å². The molecule has 1 aliphatic heterocycles. The highest BCUT2D eigenvalue weighted by Gasteiger charge is 2.08. The standard InChI is InChI=1S/C9H16O2/c1-2-3-6-10-8-9-5-4-7-11-9/h4-5,9H,2-3,6-8H2,1H3/t9-/m0/s1. The summed E-state index contributed by atoms with van der Waals surface area (Å²) in [5, 5.41) is 0. The van der Waals surface area contributed by atoms with Gasteiger partial charge in [0.05, 0.1) is 19.3 Å². The summed E-state index contributed by atoms with van der Waals surface area (Å²) >= 11 is 0. The smallest absolute Gasteiger partial charge is 0.0994 e. The van der Waals surface area contributed by atoms with Crippen molar-refractivity contribution < 1.29 is 9.47 Å². The summed E-state index contributed by atoms with van der Waals surface area (Å²) in [5.41, 5.74) is 0. The molecule has 0 N–H and O–H groups in total. The van der Waals surface area contributed by atoms with Crippen LogP contribution in [0.25, 0.3) is 0 Å². The Morgan fingerprint density at radius 3 is 3.18 bits per heavy atom. The predicted molar refractivity (Wildman–Crippen MR) is 44.6 cm³/mol. The van der Waals surface area contributed by atoms with Gasteiger partial charge in [0, 0.05) is 6.61 Å². The summed E-state index contributed by atoms with van der Waals surface area (Å²) in [4.78, 5) is 0. The molecule has 0 unspecified atom stereocenters. The minimum absolute atomic E-state index is 0.215. The Balaban J connectivity index is 1.90. The molecule has 64 valence electrons. The van der Waals surface area contributed by atoms with E-state index in [0.29, 0.717) is 0 Å². The van der Waals surface area contributed by atoms with Crippen LogP contribution in [0.3, 0.4) is 0 Å². The monoisotopic (exact) mass is 156 g/mol. The van der Waals surface area contributed by atoms with E-state index in [0.717, 1.165) is 26.2 Å². The zero-order valence-electron chi connectivity index (χ0n) is 7.08. The Kier molecular flexibility index (Phi) is 4.24. The van der Waals surface area contributed by atoms with Crippen molar-refractivity contribution in [2.45, 2.75) is 25.9 Å². The van der Waals surface area contributed by atoms with Crippen LogP contribution in [0.2, 0.25) is 0 Å². The lowest BCUT2D eigenvalue weighted by atomic mass is 10.3. The molecule has 0 aromatic carbocycles. The van der Waals surface area contributed by atoms with E-state index >= 15 is 0 Å². The summed E-state index contributed by atoms with van der Waals surface area (Å²) in [6.45, 7) is 4.50. The van der Waals surface area contributed by atoms with Gasteiger partial charge >= 0.3 is 0 Å². The van der Waals surface area contributed by atoms with E-state index in [1.807, 2.05) is 6.08 Å². The highest BCUT2D eigenvalue weighted by molar-refractivity contribution is 4.95. The summed E-state index contributed by atoms with van der Waals surface area (Å²) in [6.07, 6.45) is 6.66. The zero-order chi connectivity index (χ0) is 7.94. The van der Waals surface area contributed by atoms with Crippen LogP contribution < -0.4 is 0 Å². The first-order valence-electron chi connectivity index (χ1n) is 4.29. The molecule has 1 rings (SSSR count). The second-order valence-electron chi connectivity index (χ2n) is 2.73. The summed E-state index contributed by atoms with van der Waals surface area (Å²) < 4.78 is 10.7. The quantitative estimate of drug-likeness (QED) is 0.446. The van der Waals surface area contributed by atoms with Crippen LogP contribution in [0.4, 0.5) is 0 Å². The molecular formula is C9H16O2. The fourth-order valence-electron chi connectivity index (χ4n) is 0.992. The van der Waals surface area contributed by atoms with Gasteiger partial charge in [-0.05, 0) is 6.42 Å². The first kappa shape index (κ1) is 8.75. The maximum absolute atomic E-state index is 5.38. The van der Waals surface area contributed by atoms with Crippen LogP contribution in [0.15, 0.2) is 12.2 Å². The maximum atomic E-state index is 5.38. The third-order valence-corrected chi connectivity index (χ3v) is 1.68. The van der Waals surface area contributed by atoms with Gasteiger partial charge in [0.25, 0.3) is 0 Å². The van der Waals surface area contributed by atoms with Crippen LogP contribution in [0.1, 0.15) is 19.8 Å². The minimum Gasteiger partial charge on any atom is -0.378 e. The molecule has 0 saturated heterocycles. The van der Waals surface area contributed by atoms with Gasteiger partial charge in [-0.1, -0.05) is 25.5 Å². The van der Waals surface area contributed by atoms with Crippen LogP contribution in [0.5, 0.6) is 0 Å². The van der Waals surface area contributed by atoms with Gasteiger partial charge in [-0.15, -0.1) is 0 Å². The average molecular weight is 156 g/mol. The Hall–Kier alpha value is -0.340. The molecule has 2 heteroatoms. The molecule has 0 amide bonds. The summed E-state index contributed by atoms with van der Waals surface area (Å²) in [5.74, 6) is 0. The molecule has 0 radical (unpaired) electrons. The molecule has 0 fully saturated rings. The van der Waals surface area contributed by atoms with E-state index in [1.54, 1.807) is 0 Å². The number of hydrogen-bond donors (Lipinski definition) is 0. The second-order valence-corrected chi connectivity index (χ2v) is 2.73. The van der Waals surface area contributed by atoms with E-state index < -0.39 is 0 Å². The first-order valence-corrected chi connectivity index (χ1v) is 4.29. The van der Waals surface area contributed by atoms with Gasteiger partial charge in [-0.2, -0.15) is 0 Å². The van der Waals surface area contributed by atoms with Gasteiger partial charge < -0.3 is 9.47 Å². The molecule has 11 heavy (non-hydrogen) atoms. The third kappa shape index (κ3) is 3.54. The molecule has 0 saturated carbocycles. The zero-order valence-corrected chi connectivity index (χ0v) is 7.08. The van der Waals surface area contributed by atoms with Crippen LogP contribution in [-0.4, -0.2) is 25.9 Å². The minimum atomic E-state index is 0.215. The fourth-order valence-corrected chi connectivity index (χ4v) is 0.992. The van der Waals surface area contributed by atoms with Crippen molar-refractivity contribution in [2.24, 2.45) is 0 Å². The van der Waals surface area contributed by atoms with Gasteiger partial charge in [0.2, 0.25) is 0 Å². The molecule has 0 bridgehead atoms. The van der Waals surface area contributed by atoms with E-state index in [9.17, 15) is 0 Å². The lowest BCUT2D eigenvalue weighted by Crippen LogP contribution is -2.13. The largest absolute Gasteiger partial charge is 0.378 e. The van der Waals surface area contributed by atoms with Crippen molar-refractivity contribution in [2.75, 3.05) is 19.8 Å². The highest BCUT2D eigenvalue weighted by atomic mass is 16.5. The molecule has 0 spiro atoms. The Morgan fingerprint density at radius 2 is 2.55 bits per heavy atom. The van der Waals surface area contributed by atoms with Crippen molar-refractivity contribution in [3.8, 4) is 0 Å². The van der Waals surface area contributed by atoms with Crippen LogP contribution >= 0.6 is 0 Å². The van der Waals surface area contributed by atoms with E-state index in [4.69, 9.17) is 9.47 Å². The molecule has 1 heterocycles. The Morgan fingerprint density at radius 1 is 1.64 bits per heavy atom. The lowest BCUT2D eigenvalue weighted by Gasteiger charge is -2.08. The number of hydrogen-bond acceptors (Lipinski definition) is 2. The Bertz CT molecular complexity index is 121.